The lowest BCUT2D eigenvalue weighted by Crippen LogP contribution is -2.26. The molecule has 118 valence electrons. The van der Waals surface area contributed by atoms with Crippen LogP contribution in [0.25, 0.3) is 0 Å². The zero-order chi connectivity index (χ0) is 14.4. The Balaban J connectivity index is 0.00000220. The molecule has 0 amide bonds. The summed E-state index contributed by atoms with van der Waals surface area (Å²) in [6, 6.07) is 7.67. The highest BCUT2D eigenvalue weighted by Crippen LogP contribution is 2.29. The average Bonchev–Trinajstić information content (AvgIpc) is 2.47. The second-order valence-corrected chi connectivity index (χ2v) is 5.60. The Labute approximate surface area is 144 Å². The quantitative estimate of drug-likeness (QED) is 0.456. The van der Waals surface area contributed by atoms with Crippen molar-refractivity contribution in [3.8, 4) is 5.75 Å². The zero-order valence-corrected chi connectivity index (χ0v) is 15.2. The van der Waals surface area contributed by atoms with Crippen molar-refractivity contribution in [1.82, 2.24) is 0 Å². The first-order chi connectivity index (χ1) is 9.69. The number of guanidine groups is 1. The molecule has 1 aromatic carbocycles. The molecular formula is C16H26IN3O. The Kier molecular flexibility index (Phi) is 7.85. The summed E-state index contributed by atoms with van der Waals surface area (Å²) in [6.07, 6.45) is 5.30. The minimum atomic E-state index is 0. The highest BCUT2D eigenvalue weighted by Gasteiger charge is 2.20. The standard InChI is InChI=1S/C16H25N3O.HI/c1-12-5-3-4-6-13(12)11-18-16(17)19-14-7-9-15(20-2)10-8-14;/h7-10,12-13H,3-6,11H2,1-2H3,(H3,17,18,19);1H. The number of nitrogens with two attached hydrogens (primary N) is 1. The molecule has 0 saturated heterocycles. The predicted octanol–water partition coefficient (Wildman–Crippen LogP) is 3.87. The lowest BCUT2D eigenvalue weighted by Gasteiger charge is -2.27. The van der Waals surface area contributed by atoms with Crippen molar-refractivity contribution in [1.29, 1.82) is 0 Å². The van der Waals surface area contributed by atoms with Crippen molar-refractivity contribution in [3.63, 3.8) is 0 Å². The molecule has 1 aliphatic carbocycles. The number of benzene rings is 1. The normalized spacial score (nSPS) is 22.3. The number of anilines is 1. The van der Waals surface area contributed by atoms with Crippen molar-refractivity contribution in [2.45, 2.75) is 32.6 Å². The summed E-state index contributed by atoms with van der Waals surface area (Å²) in [7, 11) is 1.66. The Hall–Kier alpha value is -0.980. The molecule has 1 aromatic rings. The van der Waals surface area contributed by atoms with E-state index in [2.05, 4.69) is 17.2 Å². The van der Waals surface area contributed by atoms with Gasteiger partial charge in [0.1, 0.15) is 5.75 Å². The van der Waals surface area contributed by atoms with Gasteiger partial charge in [-0.25, -0.2) is 0 Å². The fraction of sp³-hybridized carbons (Fsp3) is 0.562. The van der Waals surface area contributed by atoms with Crippen LogP contribution in [0.2, 0.25) is 0 Å². The Morgan fingerprint density at radius 2 is 1.95 bits per heavy atom. The number of ether oxygens (including phenoxy) is 1. The van der Waals surface area contributed by atoms with Crippen LogP contribution in [0.1, 0.15) is 32.6 Å². The number of nitrogens with one attached hydrogen (secondary N) is 1. The maximum atomic E-state index is 5.95. The van der Waals surface area contributed by atoms with Crippen molar-refractivity contribution < 1.29 is 4.74 Å². The summed E-state index contributed by atoms with van der Waals surface area (Å²) in [5.74, 6) is 2.77. The predicted molar refractivity (Wildman–Crippen MR) is 99.6 cm³/mol. The SMILES string of the molecule is COc1ccc(NC(N)=NCC2CCCCC2C)cc1.I. The van der Waals surface area contributed by atoms with Gasteiger partial charge in [-0.05, 0) is 42.5 Å². The van der Waals surface area contributed by atoms with Crippen LogP contribution in [0.3, 0.4) is 0 Å². The molecule has 0 aromatic heterocycles. The highest BCUT2D eigenvalue weighted by molar-refractivity contribution is 14.0. The second-order valence-electron chi connectivity index (χ2n) is 5.60. The first-order valence-electron chi connectivity index (χ1n) is 7.40. The topological polar surface area (TPSA) is 59.6 Å². The summed E-state index contributed by atoms with van der Waals surface area (Å²) in [5.41, 5.74) is 6.88. The summed E-state index contributed by atoms with van der Waals surface area (Å²) >= 11 is 0. The monoisotopic (exact) mass is 403 g/mol. The Bertz CT molecular complexity index is 447. The van der Waals surface area contributed by atoms with Crippen LogP contribution >= 0.6 is 24.0 Å². The number of hydrogen-bond donors (Lipinski definition) is 2. The van der Waals surface area contributed by atoms with Crippen LogP contribution in [0.5, 0.6) is 5.75 Å². The van der Waals surface area contributed by atoms with Crippen molar-refractivity contribution in [2.75, 3.05) is 19.0 Å². The minimum Gasteiger partial charge on any atom is -0.497 e. The van der Waals surface area contributed by atoms with Gasteiger partial charge >= 0.3 is 0 Å². The molecule has 3 N–H and O–H groups in total. The molecule has 2 atom stereocenters. The molecule has 1 fully saturated rings. The third-order valence-corrected chi connectivity index (χ3v) is 4.15. The maximum absolute atomic E-state index is 5.95. The van der Waals surface area contributed by atoms with Gasteiger partial charge in [-0.3, -0.25) is 4.99 Å². The molecule has 4 nitrogen and oxygen atoms in total. The summed E-state index contributed by atoms with van der Waals surface area (Å²) in [6.45, 7) is 3.16. The summed E-state index contributed by atoms with van der Waals surface area (Å²) in [4.78, 5) is 4.49. The van der Waals surface area contributed by atoms with E-state index in [0.29, 0.717) is 11.9 Å². The number of halogens is 1. The van der Waals surface area contributed by atoms with Crippen LogP contribution in [-0.2, 0) is 0 Å². The van der Waals surface area contributed by atoms with Gasteiger partial charge in [0, 0.05) is 12.2 Å². The van der Waals surface area contributed by atoms with Gasteiger partial charge in [-0.15, -0.1) is 24.0 Å². The van der Waals surface area contributed by atoms with Crippen molar-refractivity contribution in [3.05, 3.63) is 24.3 Å². The Morgan fingerprint density at radius 1 is 1.29 bits per heavy atom. The van der Waals surface area contributed by atoms with Crippen molar-refractivity contribution >= 4 is 35.6 Å². The van der Waals surface area contributed by atoms with Gasteiger partial charge in [-0.1, -0.05) is 26.2 Å². The van der Waals surface area contributed by atoms with E-state index in [4.69, 9.17) is 10.5 Å². The highest BCUT2D eigenvalue weighted by atomic mass is 127. The van der Waals surface area contributed by atoms with Crippen LogP contribution in [0.15, 0.2) is 29.3 Å². The molecule has 21 heavy (non-hydrogen) atoms. The largest absolute Gasteiger partial charge is 0.497 e. The van der Waals surface area contributed by atoms with E-state index < -0.39 is 0 Å². The van der Waals surface area contributed by atoms with E-state index in [-0.39, 0.29) is 24.0 Å². The number of rotatable bonds is 4. The molecule has 5 heteroatoms. The van der Waals surface area contributed by atoms with Gasteiger partial charge in [0.25, 0.3) is 0 Å². The van der Waals surface area contributed by atoms with Gasteiger partial charge in [0.2, 0.25) is 0 Å². The molecule has 0 aliphatic heterocycles. The molecule has 0 radical (unpaired) electrons. The second kappa shape index (κ2) is 9.12. The first kappa shape index (κ1) is 18.1. The molecular weight excluding hydrogens is 377 g/mol. The van der Waals surface area contributed by atoms with Crippen LogP contribution in [0, 0.1) is 11.8 Å². The summed E-state index contributed by atoms with van der Waals surface area (Å²) < 4.78 is 5.12. The van der Waals surface area contributed by atoms with Gasteiger partial charge in [0.05, 0.1) is 7.11 Å². The molecule has 1 aliphatic rings. The molecule has 2 rings (SSSR count). The van der Waals surface area contributed by atoms with E-state index in [1.54, 1.807) is 7.11 Å². The smallest absolute Gasteiger partial charge is 0.193 e. The van der Waals surface area contributed by atoms with Crippen LogP contribution in [0.4, 0.5) is 5.69 Å². The van der Waals surface area contributed by atoms with E-state index in [1.165, 1.54) is 25.7 Å². The number of methoxy groups -OCH3 is 1. The third-order valence-electron chi connectivity index (χ3n) is 4.15. The lowest BCUT2D eigenvalue weighted by atomic mass is 9.80. The molecule has 0 bridgehead atoms. The summed E-state index contributed by atoms with van der Waals surface area (Å²) in [5, 5.41) is 3.12. The third kappa shape index (κ3) is 5.73. The van der Waals surface area contributed by atoms with E-state index in [9.17, 15) is 0 Å². The Morgan fingerprint density at radius 3 is 2.57 bits per heavy atom. The van der Waals surface area contributed by atoms with Crippen LogP contribution < -0.4 is 15.8 Å². The molecule has 0 spiro atoms. The van der Waals surface area contributed by atoms with Gasteiger partial charge < -0.3 is 15.8 Å². The van der Waals surface area contributed by atoms with E-state index >= 15 is 0 Å². The number of nitrogens with zero attached hydrogens (tertiary/aromatic N) is 1. The molecule has 1 saturated carbocycles. The minimum absolute atomic E-state index is 0. The fourth-order valence-corrected chi connectivity index (χ4v) is 2.74. The number of aliphatic imine (C=N–C) groups is 1. The molecule has 0 heterocycles. The number of hydrogen-bond acceptors (Lipinski definition) is 2. The van der Waals surface area contributed by atoms with E-state index in [1.807, 2.05) is 24.3 Å². The van der Waals surface area contributed by atoms with Gasteiger partial charge in [-0.2, -0.15) is 0 Å². The first-order valence-corrected chi connectivity index (χ1v) is 7.40. The average molecular weight is 403 g/mol. The maximum Gasteiger partial charge on any atom is 0.193 e. The molecule has 2 unspecified atom stereocenters. The van der Waals surface area contributed by atoms with Gasteiger partial charge in [0.15, 0.2) is 5.96 Å². The lowest BCUT2D eigenvalue weighted by molar-refractivity contribution is 0.264. The fourth-order valence-electron chi connectivity index (χ4n) is 2.74. The van der Waals surface area contributed by atoms with Crippen molar-refractivity contribution in [2.24, 2.45) is 22.6 Å². The zero-order valence-electron chi connectivity index (χ0n) is 12.8. The van der Waals surface area contributed by atoms with Crippen LogP contribution in [-0.4, -0.2) is 19.6 Å². The van der Waals surface area contributed by atoms with E-state index in [0.717, 1.165) is 23.9 Å².